The summed E-state index contributed by atoms with van der Waals surface area (Å²) in [7, 11) is 0. The molecule has 2 rings (SSSR count). The highest BCUT2D eigenvalue weighted by atomic mass is 16.4. The number of benzene rings is 1. The number of para-hydroxylation sites is 1. The number of hydrogen-bond donors (Lipinski definition) is 3. The number of rotatable bonds is 2. The number of carbonyl (C=O) groups is 1. The zero-order valence-corrected chi connectivity index (χ0v) is 9.00. The van der Waals surface area contributed by atoms with E-state index >= 15 is 0 Å². The standard InChI is InChI=1S/C13H12O4/c14-11-7-2-1-5-9(11)10-6-3-4-8-13(10,17)12(15)16/h1-7,14,17H,8H2,(H,15,16). The summed E-state index contributed by atoms with van der Waals surface area (Å²) < 4.78 is 0. The highest BCUT2D eigenvalue weighted by molar-refractivity contribution is 5.97. The number of aliphatic hydroxyl groups is 1. The largest absolute Gasteiger partial charge is 0.507 e. The van der Waals surface area contributed by atoms with Crippen molar-refractivity contribution >= 4 is 11.5 Å². The van der Waals surface area contributed by atoms with Crippen LogP contribution in [0.3, 0.4) is 0 Å². The van der Waals surface area contributed by atoms with Crippen molar-refractivity contribution in [2.45, 2.75) is 12.0 Å². The molecule has 1 aromatic rings. The van der Waals surface area contributed by atoms with Crippen LogP contribution in [0.15, 0.2) is 42.5 Å². The summed E-state index contributed by atoms with van der Waals surface area (Å²) in [4.78, 5) is 11.2. The van der Waals surface area contributed by atoms with Gasteiger partial charge in [-0.05, 0) is 6.07 Å². The predicted molar refractivity (Wildman–Crippen MR) is 62.4 cm³/mol. The molecule has 17 heavy (non-hydrogen) atoms. The SMILES string of the molecule is O=C(O)C1(O)CC=CC=C1c1ccccc1O. The van der Waals surface area contributed by atoms with Gasteiger partial charge < -0.3 is 15.3 Å². The van der Waals surface area contributed by atoms with Gasteiger partial charge in [0.25, 0.3) is 0 Å². The van der Waals surface area contributed by atoms with Gasteiger partial charge in [-0.15, -0.1) is 0 Å². The maximum atomic E-state index is 11.2. The first-order chi connectivity index (χ1) is 8.05. The summed E-state index contributed by atoms with van der Waals surface area (Å²) in [5.41, 5.74) is -1.44. The molecule has 0 saturated carbocycles. The van der Waals surface area contributed by atoms with Crippen LogP contribution in [0, 0.1) is 0 Å². The van der Waals surface area contributed by atoms with E-state index in [9.17, 15) is 15.0 Å². The van der Waals surface area contributed by atoms with Crippen molar-refractivity contribution in [1.29, 1.82) is 0 Å². The summed E-state index contributed by atoms with van der Waals surface area (Å²) in [6, 6.07) is 6.35. The zero-order valence-electron chi connectivity index (χ0n) is 9.00. The lowest BCUT2D eigenvalue weighted by Gasteiger charge is -2.28. The summed E-state index contributed by atoms with van der Waals surface area (Å²) >= 11 is 0. The Kier molecular flexibility index (Phi) is 2.73. The molecule has 3 N–H and O–H groups in total. The molecule has 1 aliphatic rings. The van der Waals surface area contributed by atoms with Gasteiger partial charge in [0.15, 0.2) is 5.60 Å². The van der Waals surface area contributed by atoms with E-state index < -0.39 is 11.6 Å². The molecule has 0 amide bonds. The Morgan fingerprint density at radius 3 is 2.65 bits per heavy atom. The van der Waals surface area contributed by atoms with Crippen LogP contribution in [-0.2, 0) is 4.79 Å². The summed E-state index contributed by atoms with van der Waals surface area (Å²) in [5.74, 6) is -1.37. The van der Waals surface area contributed by atoms with Gasteiger partial charge in [-0.1, -0.05) is 36.4 Å². The molecule has 4 heteroatoms. The van der Waals surface area contributed by atoms with Gasteiger partial charge in [0.1, 0.15) is 5.75 Å². The van der Waals surface area contributed by atoms with Crippen LogP contribution in [0.5, 0.6) is 5.75 Å². The van der Waals surface area contributed by atoms with Crippen LogP contribution in [0.4, 0.5) is 0 Å². The number of carboxylic acids is 1. The van der Waals surface area contributed by atoms with Crippen molar-refractivity contribution in [3.8, 4) is 5.75 Å². The highest BCUT2D eigenvalue weighted by Gasteiger charge is 2.41. The van der Waals surface area contributed by atoms with Gasteiger partial charge in [-0.3, -0.25) is 0 Å². The molecule has 0 bridgehead atoms. The third-order valence-corrected chi connectivity index (χ3v) is 2.81. The quantitative estimate of drug-likeness (QED) is 0.723. The van der Waals surface area contributed by atoms with Gasteiger partial charge in [-0.25, -0.2) is 4.79 Å². The molecule has 0 spiro atoms. The number of hydrogen-bond acceptors (Lipinski definition) is 3. The average Bonchev–Trinajstić information content (AvgIpc) is 2.31. The van der Waals surface area contributed by atoms with Gasteiger partial charge in [-0.2, -0.15) is 0 Å². The van der Waals surface area contributed by atoms with Crippen molar-refractivity contribution in [1.82, 2.24) is 0 Å². The molecule has 0 fully saturated rings. The molecular weight excluding hydrogens is 220 g/mol. The van der Waals surface area contributed by atoms with Crippen LogP contribution in [-0.4, -0.2) is 26.9 Å². The predicted octanol–water partition coefficient (Wildman–Crippen LogP) is 1.55. The van der Waals surface area contributed by atoms with Crippen LogP contribution in [0.25, 0.3) is 5.57 Å². The molecule has 0 heterocycles. The minimum absolute atomic E-state index is 0.0114. The molecule has 4 nitrogen and oxygen atoms in total. The molecule has 1 aromatic carbocycles. The van der Waals surface area contributed by atoms with Crippen molar-refractivity contribution in [3.63, 3.8) is 0 Å². The molecule has 1 unspecified atom stereocenters. The van der Waals surface area contributed by atoms with Gasteiger partial charge in [0.05, 0.1) is 0 Å². The Hall–Kier alpha value is -2.07. The van der Waals surface area contributed by atoms with Gasteiger partial charge >= 0.3 is 5.97 Å². The second kappa shape index (κ2) is 4.07. The minimum atomic E-state index is -1.98. The maximum Gasteiger partial charge on any atom is 0.340 e. The van der Waals surface area contributed by atoms with Crippen molar-refractivity contribution in [3.05, 3.63) is 48.1 Å². The number of allylic oxidation sites excluding steroid dienone is 2. The van der Waals surface area contributed by atoms with Crippen LogP contribution in [0.1, 0.15) is 12.0 Å². The molecule has 88 valence electrons. The first kappa shape index (κ1) is 11.4. The molecular formula is C13H12O4. The van der Waals surface area contributed by atoms with Crippen molar-refractivity contribution in [2.24, 2.45) is 0 Å². The lowest BCUT2D eigenvalue weighted by atomic mass is 9.82. The Balaban J connectivity index is 2.56. The van der Waals surface area contributed by atoms with E-state index in [0.29, 0.717) is 5.56 Å². The molecule has 1 aliphatic carbocycles. The summed E-state index contributed by atoms with van der Waals surface area (Å²) in [6.07, 6.45) is 4.74. The fourth-order valence-corrected chi connectivity index (χ4v) is 1.87. The lowest BCUT2D eigenvalue weighted by molar-refractivity contribution is -0.152. The smallest absolute Gasteiger partial charge is 0.340 e. The van der Waals surface area contributed by atoms with E-state index in [2.05, 4.69) is 0 Å². The van der Waals surface area contributed by atoms with Crippen molar-refractivity contribution < 1.29 is 20.1 Å². The normalized spacial score (nSPS) is 23.2. The molecule has 0 radical (unpaired) electrons. The number of aromatic hydroxyl groups is 1. The van der Waals surface area contributed by atoms with E-state index in [1.807, 2.05) is 0 Å². The summed E-state index contributed by atoms with van der Waals surface area (Å²) in [5, 5.41) is 29.0. The van der Waals surface area contributed by atoms with E-state index in [1.54, 1.807) is 30.4 Å². The zero-order chi connectivity index (χ0) is 12.5. The fourth-order valence-electron chi connectivity index (χ4n) is 1.87. The van der Waals surface area contributed by atoms with E-state index in [-0.39, 0.29) is 17.7 Å². The Bertz CT molecular complexity index is 516. The van der Waals surface area contributed by atoms with Gasteiger partial charge in [0.2, 0.25) is 0 Å². The number of phenols is 1. The molecule has 0 aliphatic heterocycles. The Morgan fingerprint density at radius 2 is 2.00 bits per heavy atom. The average molecular weight is 232 g/mol. The highest BCUT2D eigenvalue weighted by Crippen LogP contribution is 2.37. The minimum Gasteiger partial charge on any atom is -0.507 e. The Morgan fingerprint density at radius 1 is 1.29 bits per heavy atom. The second-order valence-electron chi connectivity index (χ2n) is 3.90. The van der Waals surface area contributed by atoms with Gasteiger partial charge in [0, 0.05) is 17.6 Å². The topological polar surface area (TPSA) is 77.8 Å². The van der Waals surface area contributed by atoms with E-state index in [1.165, 1.54) is 12.1 Å². The first-order valence-corrected chi connectivity index (χ1v) is 5.17. The number of aliphatic carboxylic acids is 1. The monoisotopic (exact) mass is 232 g/mol. The summed E-state index contributed by atoms with van der Waals surface area (Å²) in [6.45, 7) is 0. The van der Waals surface area contributed by atoms with Crippen LogP contribution in [0.2, 0.25) is 0 Å². The van der Waals surface area contributed by atoms with Crippen molar-refractivity contribution in [2.75, 3.05) is 0 Å². The molecule has 0 saturated heterocycles. The third-order valence-electron chi connectivity index (χ3n) is 2.81. The maximum absolute atomic E-state index is 11.2. The third kappa shape index (κ3) is 1.83. The van der Waals surface area contributed by atoms with Crippen LogP contribution < -0.4 is 0 Å². The Labute approximate surface area is 98.1 Å². The number of carboxylic acid groups (broad SMARTS) is 1. The first-order valence-electron chi connectivity index (χ1n) is 5.17. The van der Waals surface area contributed by atoms with Crippen LogP contribution >= 0.6 is 0 Å². The second-order valence-corrected chi connectivity index (χ2v) is 3.90. The molecule has 1 atom stereocenters. The fraction of sp³-hybridized carbons (Fsp3) is 0.154. The van der Waals surface area contributed by atoms with E-state index in [4.69, 9.17) is 5.11 Å². The lowest BCUT2D eigenvalue weighted by Crippen LogP contribution is -2.40. The van der Waals surface area contributed by atoms with E-state index in [0.717, 1.165) is 0 Å². The number of phenolic OH excluding ortho intramolecular Hbond substituents is 1. The molecule has 0 aromatic heterocycles.